The van der Waals surface area contributed by atoms with E-state index in [1.807, 2.05) is 12.1 Å². The monoisotopic (exact) mass is 300 g/mol. The number of rotatable bonds is 4. The number of thiazole rings is 1. The van der Waals surface area contributed by atoms with Crippen molar-refractivity contribution in [3.8, 4) is 16.6 Å². The number of hydrogen-bond acceptors (Lipinski definition) is 4. The fraction of sp³-hybridized carbons (Fsp3) is 0.312. The van der Waals surface area contributed by atoms with Crippen molar-refractivity contribution in [1.29, 1.82) is 5.26 Å². The summed E-state index contributed by atoms with van der Waals surface area (Å²) in [5, 5.41) is 19.0. The summed E-state index contributed by atoms with van der Waals surface area (Å²) in [7, 11) is 0. The molecule has 21 heavy (non-hydrogen) atoms. The number of aromatic carboxylic acids is 1. The molecule has 0 aliphatic rings. The number of aryl methyl sites for hydroxylation is 1. The maximum atomic E-state index is 11.1. The summed E-state index contributed by atoms with van der Waals surface area (Å²) in [6.45, 7) is 5.90. The Morgan fingerprint density at radius 2 is 2.19 bits per heavy atom. The van der Waals surface area contributed by atoms with Gasteiger partial charge in [0.25, 0.3) is 0 Å². The van der Waals surface area contributed by atoms with Gasteiger partial charge in [-0.25, -0.2) is 9.78 Å². The smallest absolute Gasteiger partial charge is 0.347 e. The molecule has 0 saturated carbocycles. The maximum absolute atomic E-state index is 11.1. The minimum atomic E-state index is -0.965. The molecular formula is C16H16N2O2S. The van der Waals surface area contributed by atoms with Crippen molar-refractivity contribution >= 4 is 17.3 Å². The van der Waals surface area contributed by atoms with Gasteiger partial charge in [-0.2, -0.15) is 5.26 Å². The van der Waals surface area contributed by atoms with Crippen LogP contribution in [0.2, 0.25) is 0 Å². The quantitative estimate of drug-likeness (QED) is 0.929. The molecule has 108 valence electrons. The molecule has 4 nitrogen and oxygen atoms in total. The highest BCUT2D eigenvalue weighted by Gasteiger charge is 2.16. The average molecular weight is 300 g/mol. The van der Waals surface area contributed by atoms with Crippen LogP contribution in [0, 0.1) is 24.2 Å². The lowest BCUT2D eigenvalue weighted by Crippen LogP contribution is -1.97. The first-order chi connectivity index (χ1) is 9.92. The van der Waals surface area contributed by atoms with Crippen molar-refractivity contribution in [2.45, 2.75) is 27.2 Å². The molecule has 2 rings (SSSR count). The molecule has 1 aromatic carbocycles. The van der Waals surface area contributed by atoms with E-state index in [9.17, 15) is 10.1 Å². The van der Waals surface area contributed by atoms with E-state index in [0.29, 0.717) is 22.2 Å². The van der Waals surface area contributed by atoms with E-state index in [1.54, 1.807) is 13.0 Å². The summed E-state index contributed by atoms with van der Waals surface area (Å²) in [6.07, 6.45) is 0.848. The van der Waals surface area contributed by atoms with Crippen molar-refractivity contribution in [2.24, 2.45) is 5.92 Å². The van der Waals surface area contributed by atoms with Crippen LogP contribution in [0.15, 0.2) is 18.2 Å². The van der Waals surface area contributed by atoms with Crippen LogP contribution in [0.3, 0.4) is 0 Å². The molecule has 1 aromatic heterocycles. The maximum Gasteiger partial charge on any atom is 0.347 e. The fourth-order valence-electron chi connectivity index (χ4n) is 2.15. The summed E-state index contributed by atoms with van der Waals surface area (Å²) >= 11 is 1.14. The van der Waals surface area contributed by atoms with Crippen LogP contribution in [0.5, 0.6) is 0 Å². The van der Waals surface area contributed by atoms with Crippen LogP contribution in [0.4, 0.5) is 0 Å². The zero-order chi connectivity index (χ0) is 15.6. The van der Waals surface area contributed by atoms with Crippen LogP contribution in [-0.2, 0) is 6.42 Å². The number of nitriles is 1. The SMILES string of the molecule is Cc1nc(-c2ccc(CC(C)C)c(C#N)c2)sc1C(=O)O. The molecule has 0 amide bonds. The molecule has 0 atom stereocenters. The Hall–Kier alpha value is -2.19. The van der Waals surface area contributed by atoms with Gasteiger partial charge in [-0.3, -0.25) is 0 Å². The lowest BCUT2D eigenvalue weighted by Gasteiger charge is -2.08. The predicted molar refractivity (Wildman–Crippen MR) is 82.5 cm³/mol. The standard InChI is InChI=1S/C16H16N2O2S/c1-9(2)6-11-4-5-12(7-13(11)8-17)15-18-10(3)14(21-15)16(19)20/h4-5,7,9H,6H2,1-3H3,(H,19,20). The summed E-state index contributed by atoms with van der Waals surface area (Å²) in [5.41, 5.74) is 2.95. The largest absolute Gasteiger partial charge is 0.477 e. The molecular weight excluding hydrogens is 284 g/mol. The second-order valence-electron chi connectivity index (χ2n) is 5.32. The number of aromatic nitrogens is 1. The van der Waals surface area contributed by atoms with Crippen molar-refractivity contribution in [1.82, 2.24) is 4.98 Å². The Labute approximate surface area is 127 Å². The van der Waals surface area contributed by atoms with E-state index < -0.39 is 5.97 Å². The number of carbonyl (C=O) groups is 1. The normalized spacial score (nSPS) is 10.6. The molecule has 0 radical (unpaired) electrons. The van der Waals surface area contributed by atoms with Gasteiger partial charge >= 0.3 is 5.97 Å². The third kappa shape index (κ3) is 3.29. The highest BCUT2D eigenvalue weighted by Crippen LogP contribution is 2.29. The third-order valence-electron chi connectivity index (χ3n) is 3.10. The van der Waals surface area contributed by atoms with Crippen LogP contribution in [0.25, 0.3) is 10.6 Å². The molecule has 1 heterocycles. The minimum absolute atomic E-state index is 0.245. The van der Waals surface area contributed by atoms with E-state index >= 15 is 0 Å². The second kappa shape index (κ2) is 6.06. The van der Waals surface area contributed by atoms with Gasteiger partial charge in [-0.15, -0.1) is 11.3 Å². The Kier molecular flexibility index (Phi) is 4.39. The highest BCUT2D eigenvalue weighted by molar-refractivity contribution is 7.17. The number of carboxylic acids is 1. The molecule has 2 aromatic rings. The van der Waals surface area contributed by atoms with Crippen LogP contribution in [0.1, 0.15) is 40.3 Å². The molecule has 0 saturated heterocycles. The van der Waals surface area contributed by atoms with Gasteiger partial charge in [0.15, 0.2) is 0 Å². The fourth-order valence-corrected chi connectivity index (χ4v) is 3.05. The van der Waals surface area contributed by atoms with Crippen molar-refractivity contribution in [3.63, 3.8) is 0 Å². The first-order valence-corrected chi connectivity index (χ1v) is 7.48. The van der Waals surface area contributed by atoms with E-state index in [-0.39, 0.29) is 4.88 Å². The van der Waals surface area contributed by atoms with Gasteiger partial charge in [0.1, 0.15) is 9.88 Å². The van der Waals surface area contributed by atoms with Gasteiger partial charge in [0.2, 0.25) is 0 Å². The van der Waals surface area contributed by atoms with Crippen LogP contribution >= 0.6 is 11.3 Å². The highest BCUT2D eigenvalue weighted by atomic mass is 32.1. The first-order valence-electron chi connectivity index (χ1n) is 6.66. The van der Waals surface area contributed by atoms with Crippen molar-refractivity contribution < 1.29 is 9.90 Å². The molecule has 0 bridgehead atoms. The van der Waals surface area contributed by atoms with Gasteiger partial charge in [0.05, 0.1) is 17.3 Å². The zero-order valence-electron chi connectivity index (χ0n) is 12.2. The molecule has 0 fully saturated rings. The number of nitrogens with zero attached hydrogens (tertiary/aromatic N) is 2. The average Bonchev–Trinajstić information content (AvgIpc) is 2.81. The van der Waals surface area contributed by atoms with E-state index in [2.05, 4.69) is 24.9 Å². The van der Waals surface area contributed by atoms with E-state index in [0.717, 1.165) is 28.9 Å². The summed E-state index contributed by atoms with van der Waals surface area (Å²) in [6, 6.07) is 7.85. The van der Waals surface area contributed by atoms with Gasteiger partial charge in [0, 0.05) is 5.56 Å². The van der Waals surface area contributed by atoms with Crippen LogP contribution < -0.4 is 0 Å². The Morgan fingerprint density at radius 3 is 2.71 bits per heavy atom. The molecule has 0 aliphatic carbocycles. The van der Waals surface area contributed by atoms with Gasteiger partial charge < -0.3 is 5.11 Å². The Bertz CT molecular complexity index is 726. The van der Waals surface area contributed by atoms with E-state index in [4.69, 9.17) is 5.11 Å². The molecule has 5 heteroatoms. The van der Waals surface area contributed by atoms with Crippen molar-refractivity contribution in [3.05, 3.63) is 39.9 Å². The summed E-state index contributed by atoms with van der Waals surface area (Å²) < 4.78 is 0. The zero-order valence-corrected chi connectivity index (χ0v) is 13.0. The number of hydrogen-bond donors (Lipinski definition) is 1. The Morgan fingerprint density at radius 1 is 1.48 bits per heavy atom. The second-order valence-corrected chi connectivity index (χ2v) is 6.32. The topological polar surface area (TPSA) is 74.0 Å². The summed E-state index contributed by atoms with van der Waals surface area (Å²) in [5.74, 6) is -0.489. The Balaban J connectivity index is 2.44. The van der Waals surface area contributed by atoms with Gasteiger partial charge in [-0.05, 0) is 30.9 Å². The molecule has 1 N–H and O–H groups in total. The number of carboxylic acid groups (broad SMARTS) is 1. The van der Waals surface area contributed by atoms with Gasteiger partial charge in [-0.1, -0.05) is 26.0 Å². The minimum Gasteiger partial charge on any atom is -0.477 e. The number of benzene rings is 1. The lowest BCUT2D eigenvalue weighted by atomic mass is 9.97. The summed E-state index contributed by atoms with van der Waals surface area (Å²) in [4.78, 5) is 15.6. The first kappa shape index (κ1) is 15.2. The molecule has 0 unspecified atom stereocenters. The predicted octanol–water partition coefficient (Wildman–Crippen LogP) is 3.89. The lowest BCUT2D eigenvalue weighted by molar-refractivity contribution is 0.0701. The third-order valence-corrected chi connectivity index (χ3v) is 4.29. The van der Waals surface area contributed by atoms with Crippen molar-refractivity contribution in [2.75, 3.05) is 0 Å². The van der Waals surface area contributed by atoms with Crippen LogP contribution in [-0.4, -0.2) is 16.1 Å². The molecule has 0 spiro atoms. The molecule has 0 aliphatic heterocycles. The van der Waals surface area contributed by atoms with E-state index in [1.165, 1.54) is 0 Å².